The first-order valence-electron chi connectivity index (χ1n) is 8.04. The average Bonchev–Trinajstić information content (AvgIpc) is 2.99. The van der Waals surface area contributed by atoms with Crippen LogP contribution < -0.4 is 5.32 Å². The molecule has 5 heteroatoms. The molecule has 0 aliphatic heterocycles. The molecule has 1 N–H and O–H groups in total. The second-order valence-corrected chi connectivity index (χ2v) is 7.14. The number of hydrogen-bond acceptors (Lipinski definition) is 3. The van der Waals surface area contributed by atoms with Gasteiger partial charge in [-0.2, -0.15) is 0 Å². The van der Waals surface area contributed by atoms with Crippen molar-refractivity contribution in [1.82, 2.24) is 19.9 Å². The Hall–Kier alpha value is -1.72. The second-order valence-electron chi connectivity index (χ2n) is 6.23. The number of aryl methyl sites for hydroxylation is 1. The molecule has 1 aromatic carbocycles. The lowest BCUT2D eigenvalue weighted by molar-refractivity contribution is 0.402. The molecule has 2 atom stereocenters. The predicted molar refractivity (Wildman–Crippen MR) is 94.5 cm³/mol. The quantitative estimate of drug-likeness (QED) is 0.764. The van der Waals surface area contributed by atoms with E-state index in [4.69, 9.17) is 0 Å². The summed E-state index contributed by atoms with van der Waals surface area (Å²) in [5.74, 6) is 0.974. The van der Waals surface area contributed by atoms with E-state index in [9.17, 15) is 0 Å². The molecule has 0 saturated carbocycles. The minimum Gasteiger partial charge on any atom is -0.304 e. The fraction of sp³-hybridized carbons (Fsp3) is 0.333. The third-order valence-electron chi connectivity index (χ3n) is 4.61. The highest BCUT2D eigenvalue weighted by molar-refractivity contribution is 9.10. The van der Waals surface area contributed by atoms with E-state index >= 15 is 0 Å². The number of hydrogen-bond donors (Lipinski definition) is 1. The highest BCUT2D eigenvalue weighted by Gasteiger charge is 2.22. The van der Waals surface area contributed by atoms with E-state index in [0.29, 0.717) is 6.04 Å². The highest BCUT2D eigenvalue weighted by atomic mass is 79.9. The maximum absolute atomic E-state index is 4.36. The Morgan fingerprint density at radius 2 is 2.13 bits per heavy atom. The zero-order chi connectivity index (χ0) is 15.8. The summed E-state index contributed by atoms with van der Waals surface area (Å²) in [5.41, 5.74) is 3.82. The Morgan fingerprint density at radius 3 is 3.04 bits per heavy atom. The minimum atomic E-state index is 0.175. The van der Waals surface area contributed by atoms with E-state index in [0.717, 1.165) is 30.7 Å². The molecule has 0 amide bonds. The monoisotopic (exact) mass is 370 g/mol. The van der Waals surface area contributed by atoms with Gasteiger partial charge in [-0.1, -0.05) is 28.1 Å². The molecule has 2 aromatic heterocycles. The molecule has 0 fully saturated rings. The van der Waals surface area contributed by atoms with Gasteiger partial charge in [-0.3, -0.25) is 4.40 Å². The summed E-state index contributed by atoms with van der Waals surface area (Å²) in [6.45, 7) is 2.17. The SMILES string of the molecule is CC(NC1CCc2cc(Br)ccc2C1)c1nnc2ccccn12. The third-order valence-corrected chi connectivity index (χ3v) is 5.10. The number of nitrogens with one attached hydrogen (secondary N) is 1. The maximum atomic E-state index is 4.36. The lowest BCUT2D eigenvalue weighted by Crippen LogP contribution is -2.36. The molecule has 0 radical (unpaired) electrons. The number of pyridine rings is 1. The van der Waals surface area contributed by atoms with E-state index in [-0.39, 0.29) is 6.04 Å². The van der Waals surface area contributed by atoms with E-state index < -0.39 is 0 Å². The van der Waals surface area contributed by atoms with Crippen molar-refractivity contribution in [3.05, 3.63) is 64.0 Å². The van der Waals surface area contributed by atoms with Crippen molar-refractivity contribution < 1.29 is 0 Å². The van der Waals surface area contributed by atoms with Gasteiger partial charge in [0.05, 0.1) is 6.04 Å². The molecule has 0 bridgehead atoms. The first-order valence-corrected chi connectivity index (χ1v) is 8.83. The molecule has 4 rings (SSSR count). The van der Waals surface area contributed by atoms with Gasteiger partial charge in [-0.05, 0) is 61.6 Å². The van der Waals surface area contributed by atoms with Crippen LogP contribution in [0, 0.1) is 0 Å². The van der Waals surface area contributed by atoms with Gasteiger partial charge in [-0.25, -0.2) is 0 Å². The summed E-state index contributed by atoms with van der Waals surface area (Å²) in [6.07, 6.45) is 5.38. The lowest BCUT2D eigenvalue weighted by atomic mass is 9.88. The Kier molecular flexibility index (Phi) is 3.91. The summed E-state index contributed by atoms with van der Waals surface area (Å²) in [7, 11) is 0. The van der Waals surface area contributed by atoms with Crippen LogP contribution >= 0.6 is 15.9 Å². The predicted octanol–water partition coefficient (Wildman–Crippen LogP) is 3.70. The van der Waals surface area contributed by atoms with Gasteiger partial charge in [0, 0.05) is 16.7 Å². The summed E-state index contributed by atoms with van der Waals surface area (Å²) in [4.78, 5) is 0. The first kappa shape index (κ1) is 14.8. The third kappa shape index (κ3) is 2.91. The van der Waals surface area contributed by atoms with Crippen molar-refractivity contribution in [2.24, 2.45) is 0 Å². The van der Waals surface area contributed by atoms with Crippen LogP contribution in [0.3, 0.4) is 0 Å². The smallest absolute Gasteiger partial charge is 0.160 e. The molecular formula is C18H19BrN4. The highest BCUT2D eigenvalue weighted by Crippen LogP contribution is 2.26. The van der Waals surface area contributed by atoms with Crippen LogP contribution in [0.15, 0.2) is 47.1 Å². The van der Waals surface area contributed by atoms with E-state index in [1.165, 1.54) is 15.6 Å². The standard InChI is InChI=1S/C18H19BrN4/c1-12(18-22-21-17-4-2-3-9-23(17)18)20-16-8-6-13-10-15(19)7-5-14(13)11-16/h2-5,7,9-10,12,16,20H,6,8,11H2,1H3. The number of fused-ring (bicyclic) bond motifs is 2. The van der Waals surface area contributed by atoms with Crippen LogP contribution in [0.5, 0.6) is 0 Å². The molecule has 4 nitrogen and oxygen atoms in total. The van der Waals surface area contributed by atoms with Gasteiger partial charge >= 0.3 is 0 Å². The van der Waals surface area contributed by atoms with E-state index in [1.54, 1.807) is 0 Å². The van der Waals surface area contributed by atoms with Crippen molar-refractivity contribution in [3.8, 4) is 0 Å². The van der Waals surface area contributed by atoms with Gasteiger partial charge in [0.25, 0.3) is 0 Å². The molecule has 23 heavy (non-hydrogen) atoms. The van der Waals surface area contributed by atoms with Gasteiger partial charge in [0.1, 0.15) is 0 Å². The van der Waals surface area contributed by atoms with Gasteiger partial charge in [0.15, 0.2) is 11.5 Å². The van der Waals surface area contributed by atoms with Crippen LogP contribution in [-0.4, -0.2) is 20.6 Å². The number of aromatic nitrogens is 3. The van der Waals surface area contributed by atoms with Crippen molar-refractivity contribution in [3.63, 3.8) is 0 Å². The summed E-state index contributed by atoms with van der Waals surface area (Å²) < 4.78 is 3.23. The summed E-state index contributed by atoms with van der Waals surface area (Å²) in [6, 6.07) is 13.3. The van der Waals surface area contributed by atoms with Crippen LogP contribution in [-0.2, 0) is 12.8 Å². The molecule has 3 aromatic rings. The molecular weight excluding hydrogens is 352 g/mol. The average molecular weight is 371 g/mol. The maximum Gasteiger partial charge on any atom is 0.160 e. The molecule has 2 unspecified atom stereocenters. The normalized spacial score (nSPS) is 18.8. The molecule has 118 valence electrons. The first-order chi connectivity index (χ1) is 11.2. The fourth-order valence-corrected chi connectivity index (χ4v) is 3.86. The second kappa shape index (κ2) is 6.06. The van der Waals surface area contributed by atoms with Gasteiger partial charge in [-0.15, -0.1) is 10.2 Å². The number of benzene rings is 1. The number of rotatable bonds is 3. The Bertz CT molecular complexity index is 842. The van der Waals surface area contributed by atoms with Crippen LogP contribution in [0.1, 0.15) is 36.3 Å². The minimum absolute atomic E-state index is 0.175. The molecule has 1 aliphatic rings. The van der Waals surface area contributed by atoms with Crippen molar-refractivity contribution in [2.45, 2.75) is 38.3 Å². The van der Waals surface area contributed by atoms with Crippen molar-refractivity contribution in [2.75, 3.05) is 0 Å². The number of nitrogens with zero attached hydrogens (tertiary/aromatic N) is 3. The van der Waals surface area contributed by atoms with Crippen molar-refractivity contribution >= 4 is 21.6 Å². The van der Waals surface area contributed by atoms with Gasteiger partial charge in [0.2, 0.25) is 0 Å². The topological polar surface area (TPSA) is 42.2 Å². The Balaban J connectivity index is 1.51. The molecule has 2 heterocycles. The molecule has 0 saturated heterocycles. The van der Waals surface area contributed by atoms with Crippen LogP contribution in [0.4, 0.5) is 0 Å². The van der Waals surface area contributed by atoms with E-state index in [1.807, 2.05) is 24.4 Å². The summed E-state index contributed by atoms with van der Waals surface area (Å²) >= 11 is 3.56. The summed E-state index contributed by atoms with van der Waals surface area (Å²) in [5, 5.41) is 12.3. The fourth-order valence-electron chi connectivity index (χ4n) is 3.45. The van der Waals surface area contributed by atoms with Crippen molar-refractivity contribution in [1.29, 1.82) is 0 Å². The van der Waals surface area contributed by atoms with Crippen LogP contribution in [0.25, 0.3) is 5.65 Å². The zero-order valence-electron chi connectivity index (χ0n) is 13.0. The number of halogens is 1. The molecule has 1 aliphatic carbocycles. The zero-order valence-corrected chi connectivity index (χ0v) is 14.6. The largest absolute Gasteiger partial charge is 0.304 e. The van der Waals surface area contributed by atoms with Gasteiger partial charge < -0.3 is 5.32 Å². The van der Waals surface area contributed by atoms with Crippen LogP contribution in [0.2, 0.25) is 0 Å². The Labute approximate surface area is 144 Å². The Morgan fingerprint density at radius 1 is 1.22 bits per heavy atom. The van der Waals surface area contributed by atoms with E-state index in [2.05, 4.69) is 61.0 Å². The molecule has 0 spiro atoms. The lowest BCUT2D eigenvalue weighted by Gasteiger charge is -2.28.